The molecule has 3 aromatic carbocycles. The molecule has 0 saturated heterocycles. The van der Waals surface area contributed by atoms with Crippen molar-refractivity contribution < 1.29 is 13.9 Å². The molecule has 154 valence electrons. The molecule has 2 atom stereocenters. The third-order valence-electron chi connectivity index (χ3n) is 4.87. The lowest BCUT2D eigenvalue weighted by Crippen LogP contribution is -2.19. The predicted octanol–water partition coefficient (Wildman–Crippen LogP) is 5.74. The fourth-order valence-electron chi connectivity index (χ4n) is 3.34. The minimum atomic E-state index is -0.517. The third kappa shape index (κ3) is 4.83. The van der Waals surface area contributed by atoms with E-state index in [1.54, 1.807) is 0 Å². The second kappa shape index (κ2) is 9.32. The molecule has 0 saturated carbocycles. The lowest BCUT2D eigenvalue weighted by Gasteiger charge is -2.28. The van der Waals surface area contributed by atoms with Gasteiger partial charge in [-0.05, 0) is 24.6 Å². The molecular formula is C24H23FN2O2S. The first-order valence-electron chi connectivity index (χ1n) is 9.75. The Morgan fingerprint density at radius 1 is 1.13 bits per heavy atom. The summed E-state index contributed by atoms with van der Waals surface area (Å²) in [4.78, 5) is 4.56. The molecule has 0 unspecified atom stereocenters. The summed E-state index contributed by atoms with van der Waals surface area (Å²) in [7, 11) is 0. The van der Waals surface area contributed by atoms with Crippen molar-refractivity contribution in [3.05, 3.63) is 101 Å². The van der Waals surface area contributed by atoms with Gasteiger partial charge in [0.15, 0.2) is 5.17 Å². The van der Waals surface area contributed by atoms with Gasteiger partial charge in [-0.25, -0.2) is 4.39 Å². The molecule has 30 heavy (non-hydrogen) atoms. The lowest BCUT2D eigenvalue weighted by atomic mass is 10.1. The van der Waals surface area contributed by atoms with Gasteiger partial charge >= 0.3 is 0 Å². The summed E-state index contributed by atoms with van der Waals surface area (Å²) >= 11 is 1.37. The summed E-state index contributed by atoms with van der Waals surface area (Å²) in [6.45, 7) is 2.29. The molecule has 0 spiro atoms. The molecule has 0 aliphatic carbocycles. The number of benzene rings is 3. The first-order chi connectivity index (χ1) is 14.6. The third-order valence-corrected chi connectivity index (χ3v) is 5.73. The largest absolute Gasteiger partial charge is 0.460 e. The van der Waals surface area contributed by atoms with Gasteiger partial charge in [0.25, 0.3) is 0 Å². The van der Waals surface area contributed by atoms with E-state index < -0.39 is 6.29 Å². The summed E-state index contributed by atoms with van der Waals surface area (Å²) in [5.74, 6) is 0.800. The molecule has 1 aliphatic rings. The first-order valence-corrected chi connectivity index (χ1v) is 10.7. The van der Waals surface area contributed by atoms with Crippen LogP contribution in [0.15, 0.2) is 77.8 Å². The van der Waals surface area contributed by atoms with E-state index in [4.69, 9.17) is 15.2 Å². The van der Waals surface area contributed by atoms with Gasteiger partial charge < -0.3 is 15.2 Å². The summed E-state index contributed by atoms with van der Waals surface area (Å²) < 4.78 is 26.0. The smallest absolute Gasteiger partial charge is 0.227 e. The maximum Gasteiger partial charge on any atom is 0.227 e. The van der Waals surface area contributed by atoms with Crippen molar-refractivity contribution >= 4 is 16.9 Å². The molecule has 0 bridgehead atoms. The van der Waals surface area contributed by atoms with Crippen LogP contribution in [-0.2, 0) is 17.1 Å². The van der Waals surface area contributed by atoms with Crippen LogP contribution in [0.5, 0.6) is 5.75 Å². The molecule has 0 aromatic heterocycles. The Bertz CT molecular complexity index is 1030. The van der Waals surface area contributed by atoms with E-state index >= 15 is 0 Å². The zero-order chi connectivity index (χ0) is 20.9. The number of hydrogen-bond donors (Lipinski definition) is 1. The van der Waals surface area contributed by atoms with E-state index in [0.29, 0.717) is 28.8 Å². The average Bonchev–Trinajstić information content (AvgIpc) is 2.78. The van der Waals surface area contributed by atoms with E-state index in [9.17, 15) is 4.39 Å². The predicted molar refractivity (Wildman–Crippen MR) is 119 cm³/mol. The summed E-state index contributed by atoms with van der Waals surface area (Å²) in [6, 6.07) is 22.6. The van der Waals surface area contributed by atoms with Crippen molar-refractivity contribution in [2.45, 2.75) is 31.6 Å². The van der Waals surface area contributed by atoms with Gasteiger partial charge in [-0.15, -0.1) is 0 Å². The van der Waals surface area contributed by atoms with Crippen molar-refractivity contribution in [2.24, 2.45) is 10.7 Å². The molecule has 0 amide bonds. The number of rotatable bonds is 5. The van der Waals surface area contributed by atoms with E-state index in [1.165, 1.54) is 23.9 Å². The van der Waals surface area contributed by atoms with Crippen LogP contribution in [0.4, 0.5) is 4.39 Å². The minimum absolute atomic E-state index is 0.0489. The molecule has 4 nitrogen and oxygen atoms in total. The fourth-order valence-corrected chi connectivity index (χ4v) is 4.10. The Hall–Kier alpha value is -2.83. The first kappa shape index (κ1) is 20.4. The minimum Gasteiger partial charge on any atom is -0.460 e. The number of nitrogens with two attached hydrogens (primary N) is 1. The quantitative estimate of drug-likeness (QED) is 0.421. The molecule has 1 aliphatic heterocycles. The molecule has 0 radical (unpaired) electrons. The monoisotopic (exact) mass is 422 g/mol. The standard InChI is InChI=1S/C24H23FN2O2S/c1-16(17-8-4-2-5-9-17)27-24(26)30-15-20-13-21(25)12-19-14-28-23(29-22(19)20)18-10-6-3-7-11-18/h2-13,16,23H,14-15H2,1H3,(H2,26,27)/t16-,23+/m0/s1. The number of halogens is 1. The SMILES string of the molecule is C[C@H](N=C(N)SCc1cc(F)cc2c1O[C@H](c1ccccc1)OC2)c1ccccc1. The number of thioether (sulfide) groups is 1. The van der Waals surface area contributed by atoms with Crippen molar-refractivity contribution in [3.63, 3.8) is 0 Å². The normalized spacial score (nSPS) is 17.1. The van der Waals surface area contributed by atoms with Crippen LogP contribution in [0.3, 0.4) is 0 Å². The van der Waals surface area contributed by atoms with Gasteiger partial charge in [0.05, 0.1) is 12.6 Å². The number of ether oxygens (including phenoxy) is 2. The summed E-state index contributed by atoms with van der Waals surface area (Å²) in [5, 5.41) is 0.455. The molecule has 6 heteroatoms. The van der Waals surface area contributed by atoms with Crippen LogP contribution in [0, 0.1) is 5.82 Å². The van der Waals surface area contributed by atoms with Crippen molar-refractivity contribution in [1.82, 2.24) is 0 Å². The van der Waals surface area contributed by atoms with E-state index in [2.05, 4.69) is 4.99 Å². The van der Waals surface area contributed by atoms with Gasteiger partial charge in [0.2, 0.25) is 6.29 Å². The highest BCUT2D eigenvalue weighted by molar-refractivity contribution is 8.13. The van der Waals surface area contributed by atoms with Crippen LogP contribution in [0.2, 0.25) is 0 Å². The number of nitrogens with zero attached hydrogens (tertiary/aromatic N) is 1. The van der Waals surface area contributed by atoms with Gasteiger partial charge in [-0.1, -0.05) is 72.4 Å². The lowest BCUT2D eigenvalue weighted by molar-refractivity contribution is -0.112. The van der Waals surface area contributed by atoms with Crippen LogP contribution < -0.4 is 10.5 Å². The molecule has 2 N–H and O–H groups in total. The zero-order valence-electron chi connectivity index (χ0n) is 16.6. The highest BCUT2D eigenvalue weighted by atomic mass is 32.2. The maximum absolute atomic E-state index is 14.1. The second-order valence-corrected chi connectivity index (χ2v) is 8.06. The summed E-state index contributed by atoms with van der Waals surface area (Å²) in [6.07, 6.45) is -0.517. The molecule has 1 heterocycles. The molecule has 4 rings (SSSR count). The number of amidine groups is 1. The van der Waals surface area contributed by atoms with E-state index in [1.807, 2.05) is 67.6 Å². The molecule has 3 aromatic rings. The van der Waals surface area contributed by atoms with E-state index in [0.717, 1.165) is 16.7 Å². The zero-order valence-corrected chi connectivity index (χ0v) is 17.4. The van der Waals surface area contributed by atoms with Crippen molar-refractivity contribution in [1.29, 1.82) is 0 Å². The maximum atomic E-state index is 14.1. The molecule has 0 fully saturated rings. The second-order valence-electron chi connectivity index (χ2n) is 7.07. The summed E-state index contributed by atoms with van der Waals surface area (Å²) in [5.41, 5.74) is 9.60. The highest BCUT2D eigenvalue weighted by Crippen LogP contribution is 2.38. The Morgan fingerprint density at radius 2 is 1.83 bits per heavy atom. The van der Waals surface area contributed by atoms with Gasteiger partial charge in [0, 0.05) is 22.4 Å². The van der Waals surface area contributed by atoms with Crippen LogP contribution in [0.25, 0.3) is 0 Å². The van der Waals surface area contributed by atoms with Crippen LogP contribution >= 0.6 is 11.8 Å². The van der Waals surface area contributed by atoms with Crippen molar-refractivity contribution in [2.75, 3.05) is 0 Å². The fraction of sp³-hybridized carbons (Fsp3) is 0.208. The Labute approximate surface area is 179 Å². The topological polar surface area (TPSA) is 56.8 Å². The van der Waals surface area contributed by atoms with Crippen LogP contribution in [0.1, 0.15) is 41.5 Å². The Morgan fingerprint density at radius 3 is 2.57 bits per heavy atom. The van der Waals surface area contributed by atoms with Crippen LogP contribution in [-0.4, -0.2) is 5.17 Å². The average molecular weight is 423 g/mol. The number of hydrogen-bond acceptors (Lipinski definition) is 4. The Kier molecular flexibility index (Phi) is 6.35. The van der Waals surface area contributed by atoms with Crippen molar-refractivity contribution in [3.8, 4) is 5.75 Å². The highest BCUT2D eigenvalue weighted by Gasteiger charge is 2.25. The van der Waals surface area contributed by atoms with Gasteiger partial charge in [-0.2, -0.15) is 0 Å². The Balaban J connectivity index is 1.50. The molecular weight excluding hydrogens is 399 g/mol. The van der Waals surface area contributed by atoms with Gasteiger partial charge in [0.1, 0.15) is 11.6 Å². The number of aliphatic imine (C=N–C) groups is 1. The van der Waals surface area contributed by atoms with Gasteiger partial charge in [-0.3, -0.25) is 4.99 Å². The number of fused-ring (bicyclic) bond motifs is 1. The van der Waals surface area contributed by atoms with E-state index in [-0.39, 0.29) is 11.9 Å².